The van der Waals surface area contributed by atoms with Gasteiger partial charge in [-0.05, 0) is 60.7 Å². The molecule has 1 saturated carbocycles. The lowest BCUT2D eigenvalue weighted by Crippen LogP contribution is -2.43. The number of ketones is 2. The Kier molecular flexibility index (Phi) is 8.09. The molecule has 8 nitrogen and oxygen atoms in total. The van der Waals surface area contributed by atoms with Gasteiger partial charge >= 0.3 is 0 Å². The van der Waals surface area contributed by atoms with Gasteiger partial charge in [-0.2, -0.15) is 8.42 Å². The van der Waals surface area contributed by atoms with Crippen LogP contribution in [0.25, 0.3) is 0 Å². The summed E-state index contributed by atoms with van der Waals surface area (Å²) in [6.45, 7) is 12.8. The first-order valence-electron chi connectivity index (χ1n) is 12.6. The predicted octanol–water partition coefficient (Wildman–Crippen LogP) is 4.85. The van der Waals surface area contributed by atoms with Crippen molar-refractivity contribution in [1.82, 2.24) is 0 Å². The normalized spacial score (nSPS) is 26.2. The van der Waals surface area contributed by atoms with Crippen molar-refractivity contribution >= 4 is 30.0 Å². The monoisotopic (exact) mass is 552 g/mol. The summed E-state index contributed by atoms with van der Waals surface area (Å²) in [7, 11) is -2.70. The zero-order chi connectivity index (χ0) is 28.0. The molecule has 0 N–H and O–H groups in total. The number of hydrogen-bond donors (Lipinski definition) is 0. The third-order valence-electron chi connectivity index (χ3n) is 8.36. The lowest BCUT2D eigenvalue weighted by Gasteiger charge is -2.37. The van der Waals surface area contributed by atoms with E-state index in [1.165, 1.54) is 7.11 Å². The fourth-order valence-corrected chi connectivity index (χ4v) is 6.72. The molecule has 0 heterocycles. The molecule has 0 unspecified atom stereocenters. The third kappa shape index (κ3) is 5.51. The van der Waals surface area contributed by atoms with Crippen LogP contribution in [-0.4, -0.2) is 55.4 Å². The predicted molar refractivity (Wildman–Crippen MR) is 144 cm³/mol. The molecular formula is C27H40O8SSi. The quantitative estimate of drug-likeness (QED) is 0.176. The summed E-state index contributed by atoms with van der Waals surface area (Å²) < 4.78 is 45.3. The Hall–Kier alpha value is -2.17. The zero-order valence-electron chi connectivity index (χ0n) is 23.3. The van der Waals surface area contributed by atoms with Crippen LogP contribution in [0.5, 0.6) is 11.5 Å². The summed E-state index contributed by atoms with van der Waals surface area (Å²) in [6.07, 6.45) is 3.33. The van der Waals surface area contributed by atoms with E-state index >= 15 is 0 Å². The Bertz CT molecular complexity index is 1200. The number of rotatable bonds is 10. The second-order valence-electron chi connectivity index (χ2n) is 11.7. The van der Waals surface area contributed by atoms with Crippen LogP contribution in [0.1, 0.15) is 52.0 Å². The molecule has 2 aliphatic carbocycles. The molecule has 0 saturated heterocycles. The van der Waals surface area contributed by atoms with Crippen molar-refractivity contribution in [2.75, 3.05) is 27.1 Å². The van der Waals surface area contributed by atoms with Gasteiger partial charge in [0.15, 0.2) is 17.3 Å². The maximum atomic E-state index is 13.8. The SMILES string of the molecule is COC1=C[C@@]2(CCCOS(C)(=O)=O)C(=O)[C@@H](C1=O)[C@H](c1ccc(O[Si](C)(C)C(C)(C)C)c(OC)c1)[C@H]2C. The number of carbonyl (C=O) groups is 2. The number of methoxy groups -OCH3 is 2. The minimum atomic E-state index is -3.58. The zero-order valence-corrected chi connectivity index (χ0v) is 25.2. The summed E-state index contributed by atoms with van der Waals surface area (Å²) in [5.74, 6) is -0.622. The number of fused-ring (bicyclic) bond motifs is 2. The van der Waals surface area contributed by atoms with Crippen molar-refractivity contribution in [3.8, 4) is 11.5 Å². The molecule has 1 aromatic carbocycles. The van der Waals surface area contributed by atoms with E-state index in [1.54, 1.807) is 13.2 Å². The van der Waals surface area contributed by atoms with Gasteiger partial charge in [-0.15, -0.1) is 0 Å². The molecule has 10 heteroatoms. The largest absolute Gasteiger partial charge is 0.541 e. The molecule has 1 fully saturated rings. The third-order valence-corrected chi connectivity index (χ3v) is 13.3. The number of ether oxygens (including phenoxy) is 2. The van der Waals surface area contributed by atoms with Crippen molar-refractivity contribution in [3.63, 3.8) is 0 Å². The van der Waals surface area contributed by atoms with E-state index in [1.807, 2.05) is 25.1 Å². The number of hydrogen-bond acceptors (Lipinski definition) is 8. The summed E-state index contributed by atoms with van der Waals surface area (Å²) in [6, 6.07) is 5.66. The fraction of sp³-hybridized carbons (Fsp3) is 0.630. The molecule has 0 aliphatic heterocycles. The van der Waals surface area contributed by atoms with Crippen LogP contribution < -0.4 is 9.16 Å². The molecule has 206 valence electrons. The molecule has 37 heavy (non-hydrogen) atoms. The van der Waals surface area contributed by atoms with Gasteiger partial charge in [0.1, 0.15) is 5.75 Å². The van der Waals surface area contributed by atoms with Gasteiger partial charge in [-0.1, -0.05) is 33.8 Å². The Labute approximate surface area is 222 Å². The molecule has 4 atom stereocenters. The van der Waals surface area contributed by atoms with E-state index < -0.39 is 35.7 Å². The number of benzene rings is 1. The summed E-state index contributed by atoms with van der Waals surface area (Å²) in [5, 5.41) is 0.00197. The second kappa shape index (κ2) is 10.2. The average molecular weight is 553 g/mol. The van der Waals surface area contributed by atoms with Crippen LogP contribution in [0.15, 0.2) is 30.0 Å². The summed E-state index contributed by atoms with van der Waals surface area (Å²) in [4.78, 5) is 27.1. The minimum Gasteiger partial charge on any atom is -0.541 e. The van der Waals surface area contributed by atoms with Crippen LogP contribution >= 0.6 is 0 Å². The van der Waals surface area contributed by atoms with E-state index in [4.69, 9.17) is 18.1 Å². The van der Waals surface area contributed by atoms with E-state index in [0.29, 0.717) is 24.3 Å². The molecule has 2 aliphatic rings. The van der Waals surface area contributed by atoms with Gasteiger partial charge in [0.25, 0.3) is 18.4 Å². The topological polar surface area (TPSA) is 105 Å². The highest BCUT2D eigenvalue weighted by molar-refractivity contribution is 7.85. The van der Waals surface area contributed by atoms with Gasteiger partial charge in [0.2, 0.25) is 5.78 Å². The molecule has 0 radical (unpaired) electrons. The van der Waals surface area contributed by atoms with E-state index in [9.17, 15) is 18.0 Å². The van der Waals surface area contributed by atoms with Crippen molar-refractivity contribution in [3.05, 3.63) is 35.6 Å². The van der Waals surface area contributed by atoms with Gasteiger partial charge in [0, 0.05) is 5.92 Å². The molecule has 1 aromatic rings. The molecule has 0 spiro atoms. The Morgan fingerprint density at radius 2 is 1.70 bits per heavy atom. The Morgan fingerprint density at radius 1 is 1.05 bits per heavy atom. The second-order valence-corrected chi connectivity index (χ2v) is 18.0. The van der Waals surface area contributed by atoms with Gasteiger partial charge < -0.3 is 13.9 Å². The highest BCUT2D eigenvalue weighted by Gasteiger charge is 2.63. The highest BCUT2D eigenvalue weighted by Crippen LogP contribution is 2.59. The molecule has 0 aromatic heterocycles. The number of allylic oxidation sites excluding steroid dienone is 2. The maximum Gasteiger partial charge on any atom is 0.264 e. The van der Waals surface area contributed by atoms with Crippen LogP contribution in [-0.2, 0) is 28.6 Å². The van der Waals surface area contributed by atoms with E-state index in [2.05, 4.69) is 33.9 Å². The Morgan fingerprint density at radius 3 is 2.24 bits per heavy atom. The fourth-order valence-electron chi connectivity index (χ4n) is 5.27. The van der Waals surface area contributed by atoms with Crippen molar-refractivity contribution in [1.29, 1.82) is 0 Å². The molecule has 2 bridgehead atoms. The first-order chi connectivity index (χ1) is 17.0. The van der Waals surface area contributed by atoms with Crippen LogP contribution in [0.3, 0.4) is 0 Å². The number of carbonyl (C=O) groups excluding carboxylic acids is 2. The average Bonchev–Trinajstić information content (AvgIpc) is 2.94. The van der Waals surface area contributed by atoms with Crippen LogP contribution in [0.4, 0.5) is 0 Å². The van der Waals surface area contributed by atoms with Crippen molar-refractivity contribution in [2.45, 2.75) is 64.6 Å². The van der Waals surface area contributed by atoms with Crippen LogP contribution in [0, 0.1) is 17.3 Å². The smallest absolute Gasteiger partial charge is 0.264 e. The van der Waals surface area contributed by atoms with E-state index in [-0.39, 0.29) is 34.9 Å². The summed E-state index contributed by atoms with van der Waals surface area (Å²) >= 11 is 0. The maximum absolute atomic E-state index is 13.8. The van der Waals surface area contributed by atoms with Gasteiger partial charge in [-0.25, -0.2) is 0 Å². The Balaban J connectivity index is 1.99. The lowest BCUT2D eigenvalue weighted by atomic mass is 9.70. The molecule has 3 rings (SSSR count). The van der Waals surface area contributed by atoms with E-state index in [0.717, 1.165) is 11.8 Å². The van der Waals surface area contributed by atoms with Crippen LogP contribution in [0.2, 0.25) is 18.1 Å². The molecule has 0 amide bonds. The van der Waals surface area contributed by atoms with Gasteiger partial charge in [-0.3, -0.25) is 13.8 Å². The van der Waals surface area contributed by atoms with Crippen molar-refractivity contribution < 1.29 is 36.1 Å². The minimum absolute atomic E-state index is 0.00197. The highest BCUT2D eigenvalue weighted by atomic mass is 32.2. The van der Waals surface area contributed by atoms with Crippen molar-refractivity contribution in [2.24, 2.45) is 17.3 Å². The standard InChI is InChI=1S/C27H40O8SSi/c1-17-22(18-11-12-19(20(15-18)32-5)35-37(8,9)26(2,3)4)23-24(28)21(33-6)16-27(17,25(23)29)13-10-14-34-36(7,30)31/h11-12,15-17,22-23H,10,13-14H2,1-9H3/t17-,22+,23-,27-/m1/s1. The molecular weight excluding hydrogens is 512 g/mol. The first kappa shape index (κ1) is 29.4. The summed E-state index contributed by atoms with van der Waals surface area (Å²) in [5.41, 5.74) is -0.141. The lowest BCUT2D eigenvalue weighted by molar-refractivity contribution is -0.136. The first-order valence-corrected chi connectivity index (χ1v) is 17.3. The van der Waals surface area contributed by atoms with Gasteiger partial charge in [0.05, 0.1) is 38.4 Å². The number of Topliss-reactive ketones (excluding diaryl/α,β-unsaturated/α-hetero) is 2.